The quantitative estimate of drug-likeness (QED) is 0.590. The van der Waals surface area contributed by atoms with Crippen molar-refractivity contribution >= 4 is 23.8 Å². The van der Waals surface area contributed by atoms with Gasteiger partial charge < -0.3 is 15.7 Å². The molecule has 8 nitrogen and oxygen atoms in total. The molecule has 0 spiro atoms. The van der Waals surface area contributed by atoms with Gasteiger partial charge in [-0.3, -0.25) is 19.3 Å². The summed E-state index contributed by atoms with van der Waals surface area (Å²) < 4.78 is 0. The first-order chi connectivity index (χ1) is 9.35. The lowest BCUT2D eigenvalue weighted by Gasteiger charge is -2.28. The molecule has 0 aromatic heterocycles. The average Bonchev–Trinajstić information content (AvgIpc) is 3.18. The minimum atomic E-state index is -0.920. The first kappa shape index (κ1) is 14.3. The van der Waals surface area contributed by atoms with E-state index in [1.54, 1.807) is 0 Å². The van der Waals surface area contributed by atoms with Gasteiger partial charge in [-0.1, -0.05) is 0 Å². The number of hydrogen-bond donors (Lipinski definition) is 3. The number of carbonyl (C=O) groups excluding carboxylic acids is 3. The van der Waals surface area contributed by atoms with E-state index >= 15 is 0 Å². The predicted octanol–water partition coefficient (Wildman–Crippen LogP) is -0.702. The number of carboxylic acid groups (broad SMARTS) is 1. The fraction of sp³-hybridized carbons (Fsp3) is 0.667. The Morgan fingerprint density at radius 1 is 1.40 bits per heavy atom. The maximum absolute atomic E-state index is 11.8. The minimum Gasteiger partial charge on any atom is -0.481 e. The van der Waals surface area contributed by atoms with Crippen molar-refractivity contribution in [1.29, 1.82) is 0 Å². The number of carboxylic acids is 1. The van der Waals surface area contributed by atoms with E-state index in [0.29, 0.717) is 12.8 Å². The van der Waals surface area contributed by atoms with Gasteiger partial charge in [-0.2, -0.15) is 0 Å². The smallest absolute Gasteiger partial charge is 0.315 e. The molecule has 0 aromatic carbocycles. The number of nitrogens with one attached hydrogen (secondary N) is 2. The largest absolute Gasteiger partial charge is 0.481 e. The highest BCUT2D eigenvalue weighted by Crippen LogP contribution is 2.45. The average molecular weight is 283 g/mol. The Bertz CT molecular complexity index is 472. The van der Waals surface area contributed by atoms with E-state index in [-0.39, 0.29) is 25.3 Å². The van der Waals surface area contributed by atoms with Crippen molar-refractivity contribution in [3.63, 3.8) is 0 Å². The highest BCUT2D eigenvalue weighted by Gasteiger charge is 2.50. The van der Waals surface area contributed by atoms with E-state index < -0.39 is 29.4 Å². The zero-order valence-electron chi connectivity index (χ0n) is 11.1. The van der Waals surface area contributed by atoms with Gasteiger partial charge in [0.15, 0.2) is 0 Å². The van der Waals surface area contributed by atoms with Crippen LogP contribution in [0.5, 0.6) is 0 Å². The van der Waals surface area contributed by atoms with Crippen molar-refractivity contribution in [3.8, 4) is 0 Å². The second-order valence-corrected chi connectivity index (χ2v) is 5.29. The van der Waals surface area contributed by atoms with Gasteiger partial charge in [-0.05, 0) is 19.3 Å². The van der Waals surface area contributed by atoms with Crippen LogP contribution in [0.15, 0.2) is 0 Å². The molecule has 20 heavy (non-hydrogen) atoms. The number of amides is 4. The molecule has 0 radical (unpaired) electrons. The normalized spacial score (nSPS) is 24.2. The van der Waals surface area contributed by atoms with Gasteiger partial charge in [0, 0.05) is 20.0 Å². The van der Waals surface area contributed by atoms with Crippen LogP contribution >= 0.6 is 0 Å². The van der Waals surface area contributed by atoms with Gasteiger partial charge in [0.05, 0.1) is 5.41 Å². The van der Waals surface area contributed by atoms with Gasteiger partial charge in [-0.25, -0.2) is 4.79 Å². The number of piperidine rings is 1. The molecule has 2 fully saturated rings. The number of aliphatic carboxylic acids is 1. The molecule has 1 aliphatic carbocycles. The van der Waals surface area contributed by atoms with Crippen molar-refractivity contribution in [3.05, 3.63) is 0 Å². The molecule has 2 rings (SSSR count). The summed E-state index contributed by atoms with van der Waals surface area (Å²) in [6.45, 7) is 0.0455. The molecule has 0 bridgehead atoms. The van der Waals surface area contributed by atoms with E-state index in [1.165, 1.54) is 7.05 Å². The molecule has 4 amide bonds. The molecule has 3 N–H and O–H groups in total. The summed E-state index contributed by atoms with van der Waals surface area (Å²) in [7, 11) is 1.38. The van der Waals surface area contributed by atoms with Crippen LogP contribution in [0, 0.1) is 5.41 Å². The van der Waals surface area contributed by atoms with Crippen molar-refractivity contribution in [2.24, 2.45) is 5.41 Å². The fourth-order valence-electron chi connectivity index (χ4n) is 2.13. The summed E-state index contributed by atoms with van der Waals surface area (Å²) in [5.41, 5.74) is -0.847. The number of imide groups is 1. The third-order valence-electron chi connectivity index (χ3n) is 3.85. The number of carbonyl (C=O) groups is 4. The Labute approximate surface area is 115 Å². The van der Waals surface area contributed by atoms with Crippen molar-refractivity contribution in [2.75, 3.05) is 13.6 Å². The van der Waals surface area contributed by atoms with E-state index in [9.17, 15) is 19.2 Å². The van der Waals surface area contributed by atoms with Crippen molar-refractivity contribution in [1.82, 2.24) is 15.5 Å². The second kappa shape index (κ2) is 5.10. The number of likely N-dealkylation sites (tertiary alicyclic amines) is 1. The van der Waals surface area contributed by atoms with Gasteiger partial charge >= 0.3 is 12.0 Å². The van der Waals surface area contributed by atoms with E-state index in [1.807, 2.05) is 0 Å². The Morgan fingerprint density at radius 3 is 2.60 bits per heavy atom. The van der Waals surface area contributed by atoms with Crippen molar-refractivity contribution in [2.45, 2.75) is 31.7 Å². The maximum atomic E-state index is 11.8. The predicted molar refractivity (Wildman–Crippen MR) is 66.6 cm³/mol. The van der Waals surface area contributed by atoms with E-state index in [2.05, 4.69) is 10.6 Å². The number of nitrogens with zero attached hydrogens (tertiary/aromatic N) is 1. The van der Waals surface area contributed by atoms with Crippen LogP contribution < -0.4 is 10.6 Å². The van der Waals surface area contributed by atoms with Gasteiger partial charge in [0.25, 0.3) is 5.91 Å². The molecule has 1 saturated heterocycles. The molecular formula is C12H17N3O5. The number of likely N-dealkylation sites (N-methyl/N-ethyl adjacent to an activating group) is 1. The van der Waals surface area contributed by atoms with Crippen LogP contribution in [-0.2, 0) is 14.4 Å². The van der Waals surface area contributed by atoms with Crippen LogP contribution in [0.1, 0.15) is 25.7 Å². The zero-order valence-corrected chi connectivity index (χ0v) is 11.1. The Morgan fingerprint density at radius 2 is 2.05 bits per heavy atom. The SMILES string of the molecule is CN1C(=O)CCC(NC(=O)NCC2(C(=O)O)CC2)C1=O. The fourth-order valence-corrected chi connectivity index (χ4v) is 2.13. The molecule has 110 valence electrons. The first-order valence-corrected chi connectivity index (χ1v) is 6.44. The summed E-state index contributed by atoms with van der Waals surface area (Å²) in [4.78, 5) is 46.7. The molecule has 1 saturated carbocycles. The van der Waals surface area contributed by atoms with Crippen LogP contribution in [0.25, 0.3) is 0 Å². The highest BCUT2D eigenvalue weighted by molar-refractivity contribution is 6.01. The maximum Gasteiger partial charge on any atom is 0.315 e. The van der Waals surface area contributed by atoms with Crippen LogP contribution in [0.4, 0.5) is 4.79 Å². The zero-order chi connectivity index (χ0) is 14.9. The van der Waals surface area contributed by atoms with Gasteiger partial charge in [-0.15, -0.1) is 0 Å². The van der Waals surface area contributed by atoms with Crippen molar-refractivity contribution < 1.29 is 24.3 Å². The number of hydrogen-bond acceptors (Lipinski definition) is 4. The summed E-state index contributed by atoms with van der Waals surface area (Å²) in [5.74, 6) is -1.64. The Balaban J connectivity index is 1.82. The molecule has 1 unspecified atom stereocenters. The monoisotopic (exact) mass is 283 g/mol. The molecule has 2 aliphatic rings. The molecule has 1 aliphatic heterocycles. The van der Waals surface area contributed by atoms with Gasteiger partial charge in [0.1, 0.15) is 6.04 Å². The minimum absolute atomic E-state index is 0.0455. The lowest BCUT2D eigenvalue weighted by Crippen LogP contribution is -2.55. The Hall–Kier alpha value is -2.12. The number of rotatable bonds is 4. The summed E-state index contributed by atoms with van der Waals surface area (Å²) in [6, 6.07) is -1.32. The number of urea groups is 1. The van der Waals surface area contributed by atoms with E-state index in [4.69, 9.17) is 5.11 Å². The summed E-state index contributed by atoms with van der Waals surface area (Å²) in [6.07, 6.45) is 1.55. The summed E-state index contributed by atoms with van der Waals surface area (Å²) in [5, 5.41) is 13.9. The third kappa shape index (κ3) is 2.73. The first-order valence-electron chi connectivity index (χ1n) is 6.44. The topological polar surface area (TPSA) is 116 Å². The van der Waals surface area contributed by atoms with Crippen LogP contribution in [0.2, 0.25) is 0 Å². The molecular weight excluding hydrogens is 266 g/mol. The molecule has 1 atom stereocenters. The summed E-state index contributed by atoms with van der Waals surface area (Å²) >= 11 is 0. The van der Waals surface area contributed by atoms with E-state index in [0.717, 1.165) is 4.90 Å². The van der Waals surface area contributed by atoms with Crippen LogP contribution in [0.3, 0.4) is 0 Å². The molecule has 1 heterocycles. The third-order valence-corrected chi connectivity index (χ3v) is 3.85. The highest BCUT2D eigenvalue weighted by atomic mass is 16.4. The van der Waals surface area contributed by atoms with Crippen LogP contribution in [-0.4, -0.2) is 53.5 Å². The Kier molecular flexibility index (Phi) is 3.65. The lowest BCUT2D eigenvalue weighted by atomic mass is 10.0. The lowest BCUT2D eigenvalue weighted by molar-refractivity contribution is -0.148. The van der Waals surface area contributed by atoms with Gasteiger partial charge in [0.2, 0.25) is 5.91 Å². The molecule has 8 heteroatoms. The second-order valence-electron chi connectivity index (χ2n) is 5.29. The standard InChI is InChI=1S/C12H17N3O5/c1-15-8(16)3-2-7(9(15)17)14-11(20)13-6-12(4-5-12)10(18)19/h7H,2-6H2,1H3,(H,18,19)(H2,13,14,20). The molecule has 0 aromatic rings.